The van der Waals surface area contributed by atoms with Gasteiger partial charge in [0.25, 0.3) is 0 Å². The predicted octanol–water partition coefficient (Wildman–Crippen LogP) is -0.0268. The van der Waals surface area contributed by atoms with Gasteiger partial charge in [-0.1, -0.05) is 0 Å². The van der Waals surface area contributed by atoms with E-state index in [0.29, 0.717) is 13.2 Å². The van der Waals surface area contributed by atoms with Crippen molar-refractivity contribution >= 4 is 0 Å². The minimum atomic E-state index is 0.698. The molecule has 0 radical (unpaired) electrons. The third kappa shape index (κ3) is 6.48. The van der Waals surface area contributed by atoms with E-state index in [1.165, 1.54) is 0 Å². The van der Waals surface area contributed by atoms with E-state index in [2.05, 4.69) is 14.1 Å². The second kappa shape index (κ2) is 9.15. The first-order valence-electron chi connectivity index (χ1n) is 8.60. The van der Waals surface area contributed by atoms with Crippen LogP contribution in [-0.4, -0.2) is 115 Å². The Labute approximate surface area is 135 Å². The third-order valence-electron chi connectivity index (χ3n) is 5.02. The summed E-state index contributed by atoms with van der Waals surface area (Å²) < 4.78 is 24.4. The van der Waals surface area contributed by atoms with Gasteiger partial charge in [0.05, 0.1) is 67.0 Å². The molecule has 0 bridgehead atoms. The number of quaternary nitrogens is 2. The van der Waals surface area contributed by atoms with E-state index in [1.807, 2.05) is 0 Å². The predicted molar refractivity (Wildman–Crippen MR) is 84.8 cm³/mol. The van der Waals surface area contributed by atoms with E-state index in [0.717, 1.165) is 87.9 Å². The zero-order valence-corrected chi connectivity index (χ0v) is 14.4. The monoisotopic (exact) mass is 318 g/mol. The molecule has 0 saturated carbocycles. The molecule has 6 heteroatoms. The number of rotatable bonds is 9. The molecule has 0 aliphatic carbocycles. The Bertz CT molecular complexity index is 273. The second-order valence-corrected chi connectivity index (χ2v) is 7.03. The molecule has 0 amide bonds. The number of nitrogens with zero attached hydrogens (tertiary/aromatic N) is 2. The normalized spacial score (nSPS) is 24.3. The number of hydrogen-bond donors (Lipinski definition) is 0. The van der Waals surface area contributed by atoms with Crippen LogP contribution in [0.3, 0.4) is 0 Å². The van der Waals surface area contributed by atoms with Gasteiger partial charge in [-0.15, -0.1) is 0 Å². The molecule has 2 saturated heterocycles. The highest BCUT2D eigenvalue weighted by Gasteiger charge is 2.25. The Morgan fingerprint density at radius 1 is 0.636 bits per heavy atom. The summed E-state index contributed by atoms with van der Waals surface area (Å²) >= 11 is 0. The average molecular weight is 318 g/mol. The fourth-order valence-electron chi connectivity index (χ4n) is 2.91. The zero-order valence-electron chi connectivity index (χ0n) is 14.4. The van der Waals surface area contributed by atoms with Gasteiger partial charge in [-0.05, 0) is 0 Å². The van der Waals surface area contributed by atoms with Crippen molar-refractivity contribution in [3.63, 3.8) is 0 Å². The van der Waals surface area contributed by atoms with Crippen LogP contribution in [0.25, 0.3) is 0 Å². The smallest absolute Gasteiger partial charge is 0.102 e. The molecule has 130 valence electrons. The van der Waals surface area contributed by atoms with Gasteiger partial charge >= 0.3 is 0 Å². The lowest BCUT2D eigenvalue weighted by Gasteiger charge is -2.37. The molecule has 0 atom stereocenters. The van der Waals surface area contributed by atoms with Gasteiger partial charge < -0.3 is 27.9 Å². The lowest BCUT2D eigenvalue weighted by molar-refractivity contribution is -0.917. The van der Waals surface area contributed by atoms with Crippen molar-refractivity contribution in [2.75, 3.05) is 106 Å². The third-order valence-corrected chi connectivity index (χ3v) is 5.02. The van der Waals surface area contributed by atoms with Crippen molar-refractivity contribution in [1.29, 1.82) is 0 Å². The summed E-state index contributed by atoms with van der Waals surface area (Å²) in [6, 6.07) is 0. The highest BCUT2D eigenvalue weighted by molar-refractivity contribution is 4.48. The van der Waals surface area contributed by atoms with Crippen LogP contribution < -0.4 is 0 Å². The van der Waals surface area contributed by atoms with Crippen LogP contribution in [-0.2, 0) is 18.9 Å². The molecule has 0 aromatic heterocycles. The van der Waals surface area contributed by atoms with Crippen LogP contribution in [0.4, 0.5) is 0 Å². The van der Waals surface area contributed by atoms with Crippen molar-refractivity contribution in [3.05, 3.63) is 0 Å². The number of likely N-dealkylation sites (N-methyl/N-ethyl adjacent to an activating group) is 2. The van der Waals surface area contributed by atoms with Crippen molar-refractivity contribution in [2.24, 2.45) is 0 Å². The quantitative estimate of drug-likeness (QED) is 0.442. The maximum atomic E-state index is 5.71. The number of ether oxygens (including phenoxy) is 4. The van der Waals surface area contributed by atoms with Gasteiger partial charge in [0.1, 0.15) is 39.3 Å². The fraction of sp³-hybridized carbons (Fsp3) is 1.00. The van der Waals surface area contributed by atoms with E-state index >= 15 is 0 Å². The molecule has 2 aliphatic rings. The highest BCUT2D eigenvalue weighted by Crippen LogP contribution is 2.07. The van der Waals surface area contributed by atoms with E-state index < -0.39 is 0 Å². The van der Waals surface area contributed by atoms with E-state index in [9.17, 15) is 0 Å². The van der Waals surface area contributed by atoms with E-state index in [4.69, 9.17) is 18.9 Å². The molecular formula is C16H34N2O4+2. The fourth-order valence-corrected chi connectivity index (χ4v) is 2.91. The van der Waals surface area contributed by atoms with Gasteiger partial charge in [0, 0.05) is 0 Å². The molecule has 2 fully saturated rings. The Balaban J connectivity index is 1.42. The lowest BCUT2D eigenvalue weighted by Crippen LogP contribution is -2.53. The lowest BCUT2D eigenvalue weighted by atomic mass is 10.3. The number of hydrogen-bond acceptors (Lipinski definition) is 4. The first-order valence-corrected chi connectivity index (χ1v) is 8.60. The molecular weight excluding hydrogens is 284 g/mol. The average Bonchev–Trinajstić information content (AvgIpc) is 2.51. The van der Waals surface area contributed by atoms with Gasteiger partial charge in [0.2, 0.25) is 0 Å². The summed E-state index contributed by atoms with van der Waals surface area (Å²) in [6.07, 6.45) is 0. The molecule has 0 aromatic rings. The molecule has 2 aliphatic heterocycles. The Morgan fingerprint density at radius 3 is 1.36 bits per heavy atom. The van der Waals surface area contributed by atoms with Crippen molar-refractivity contribution < 1.29 is 27.9 Å². The largest absolute Gasteiger partial charge is 0.373 e. The SMILES string of the molecule is C[N+]1(CCOCCOCC[N+]2(C)CCOCC2)CCOCC1. The molecule has 0 spiro atoms. The number of morpholine rings is 2. The summed E-state index contributed by atoms with van der Waals surface area (Å²) in [5.74, 6) is 0. The topological polar surface area (TPSA) is 36.9 Å². The highest BCUT2D eigenvalue weighted by atomic mass is 16.5. The minimum absolute atomic E-state index is 0.698. The Hall–Kier alpha value is -0.240. The van der Waals surface area contributed by atoms with Crippen LogP contribution in [0.15, 0.2) is 0 Å². The molecule has 2 heterocycles. The maximum absolute atomic E-state index is 5.71. The van der Waals surface area contributed by atoms with Gasteiger partial charge in [-0.2, -0.15) is 0 Å². The molecule has 0 aromatic carbocycles. The molecule has 0 N–H and O–H groups in total. The molecule has 22 heavy (non-hydrogen) atoms. The van der Waals surface area contributed by atoms with Gasteiger partial charge in [0.15, 0.2) is 0 Å². The maximum Gasteiger partial charge on any atom is 0.102 e. The zero-order chi connectivity index (χ0) is 15.7. The van der Waals surface area contributed by atoms with Crippen LogP contribution in [0.2, 0.25) is 0 Å². The van der Waals surface area contributed by atoms with Crippen molar-refractivity contribution in [3.8, 4) is 0 Å². The van der Waals surface area contributed by atoms with Crippen LogP contribution in [0.5, 0.6) is 0 Å². The van der Waals surface area contributed by atoms with Crippen molar-refractivity contribution in [1.82, 2.24) is 0 Å². The Kier molecular flexibility index (Phi) is 7.53. The van der Waals surface area contributed by atoms with Gasteiger partial charge in [-0.3, -0.25) is 0 Å². The second-order valence-electron chi connectivity index (χ2n) is 7.03. The minimum Gasteiger partial charge on any atom is -0.373 e. The summed E-state index contributed by atoms with van der Waals surface area (Å²) in [4.78, 5) is 0. The Morgan fingerprint density at radius 2 is 1.00 bits per heavy atom. The first kappa shape index (κ1) is 18.1. The van der Waals surface area contributed by atoms with Crippen molar-refractivity contribution in [2.45, 2.75) is 0 Å². The van der Waals surface area contributed by atoms with Crippen LogP contribution in [0, 0.1) is 0 Å². The molecule has 0 unspecified atom stereocenters. The molecule has 2 rings (SSSR count). The summed E-state index contributed by atoms with van der Waals surface area (Å²) in [5, 5.41) is 0. The summed E-state index contributed by atoms with van der Waals surface area (Å²) in [5.41, 5.74) is 0. The van der Waals surface area contributed by atoms with E-state index in [1.54, 1.807) is 0 Å². The first-order chi connectivity index (χ1) is 10.6. The summed E-state index contributed by atoms with van der Waals surface area (Å²) in [6.45, 7) is 13.0. The standard InChI is InChI=1S/C16H34N2O4/c1-17(3-9-19-10-4-17)7-13-21-15-16-22-14-8-18(2)5-11-20-12-6-18/h3-16H2,1-2H3/q+2. The molecule has 6 nitrogen and oxygen atoms in total. The summed E-state index contributed by atoms with van der Waals surface area (Å²) in [7, 11) is 4.57. The van der Waals surface area contributed by atoms with Crippen LogP contribution >= 0.6 is 0 Å². The van der Waals surface area contributed by atoms with Gasteiger partial charge in [-0.25, -0.2) is 0 Å². The van der Waals surface area contributed by atoms with E-state index in [-0.39, 0.29) is 0 Å². The van der Waals surface area contributed by atoms with Crippen LogP contribution in [0.1, 0.15) is 0 Å².